The lowest BCUT2D eigenvalue weighted by Gasteiger charge is -2.30. The molecule has 0 amide bonds. The molecule has 1 saturated carbocycles. The summed E-state index contributed by atoms with van der Waals surface area (Å²) in [6.45, 7) is 0.112. The molecule has 0 bridgehead atoms. The lowest BCUT2D eigenvalue weighted by Crippen LogP contribution is -2.39. The molecular weight excluding hydrogens is 244 g/mol. The van der Waals surface area contributed by atoms with Gasteiger partial charge in [0.1, 0.15) is 0 Å². The van der Waals surface area contributed by atoms with Gasteiger partial charge in [-0.15, -0.1) is 0 Å². The number of nitrogens with two attached hydrogens (primary N) is 1. The van der Waals surface area contributed by atoms with E-state index in [2.05, 4.69) is 5.32 Å². The van der Waals surface area contributed by atoms with Gasteiger partial charge in [-0.05, 0) is 12.8 Å². The summed E-state index contributed by atoms with van der Waals surface area (Å²) in [5.74, 6) is 1.24. The van der Waals surface area contributed by atoms with E-state index >= 15 is 0 Å². The van der Waals surface area contributed by atoms with Crippen molar-refractivity contribution in [2.24, 2.45) is 0 Å². The minimum atomic E-state index is -0.256. The molecule has 0 atom stereocenters. The first-order valence-electron chi connectivity index (χ1n) is 6.55. The molecular formula is C14H22N2O3. The van der Waals surface area contributed by atoms with Crippen molar-refractivity contribution in [1.29, 1.82) is 0 Å². The zero-order valence-electron chi connectivity index (χ0n) is 11.5. The predicted octanol–water partition coefficient (Wildman–Crippen LogP) is 2.00. The average Bonchev–Trinajstić information content (AvgIpc) is 2.89. The van der Waals surface area contributed by atoms with Crippen molar-refractivity contribution in [3.05, 3.63) is 12.1 Å². The molecule has 4 N–H and O–H groups in total. The first kappa shape index (κ1) is 13.8. The Balaban J connectivity index is 2.29. The number of nitrogens with one attached hydrogen (secondary N) is 1. The number of anilines is 2. The summed E-state index contributed by atoms with van der Waals surface area (Å²) in [7, 11) is 3.17. The Morgan fingerprint density at radius 2 is 1.79 bits per heavy atom. The van der Waals surface area contributed by atoms with Crippen LogP contribution in [0.2, 0.25) is 0 Å². The second-order valence-electron chi connectivity index (χ2n) is 5.06. The zero-order chi connectivity index (χ0) is 13.9. The van der Waals surface area contributed by atoms with Crippen LogP contribution in [0.1, 0.15) is 25.7 Å². The van der Waals surface area contributed by atoms with Gasteiger partial charge >= 0.3 is 0 Å². The van der Waals surface area contributed by atoms with Crippen LogP contribution in [0.5, 0.6) is 11.5 Å². The van der Waals surface area contributed by atoms with Crippen LogP contribution < -0.4 is 20.5 Å². The fourth-order valence-corrected chi connectivity index (χ4v) is 2.66. The van der Waals surface area contributed by atoms with E-state index in [1.165, 1.54) is 0 Å². The van der Waals surface area contributed by atoms with Gasteiger partial charge in [0.05, 0.1) is 37.7 Å². The maximum absolute atomic E-state index is 9.64. The Bertz CT molecular complexity index is 443. The molecule has 0 unspecified atom stereocenters. The molecule has 1 aliphatic carbocycles. The first-order valence-corrected chi connectivity index (χ1v) is 6.55. The van der Waals surface area contributed by atoms with E-state index in [1.807, 2.05) is 6.07 Å². The Morgan fingerprint density at radius 1 is 1.21 bits per heavy atom. The fourth-order valence-electron chi connectivity index (χ4n) is 2.66. The molecule has 0 saturated heterocycles. The minimum Gasteiger partial charge on any atom is -0.493 e. The largest absolute Gasteiger partial charge is 0.493 e. The van der Waals surface area contributed by atoms with Crippen molar-refractivity contribution in [1.82, 2.24) is 0 Å². The van der Waals surface area contributed by atoms with E-state index in [9.17, 15) is 5.11 Å². The predicted molar refractivity (Wildman–Crippen MR) is 75.9 cm³/mol. The van der Waals surface area contributed by atoms with Crippen LogP contribution >= 0.6 is 0 Å². The van der Waals surface area contributed by atoms with E-state index in [0.29, 0.717) is 17.2 Å². The molecule has 1 aliphatic rings. The molecule has 0 spiro atoms. The van der Waals surface area contributed by atoms with Crippen LogP contribution in [0.3, 0.4) is 0 Å². The van der Waals surface area contributed by atoms with Gasteiger partial charge in [-0.2, -0.15) is 0 Å². The highest BCUT2D eigenvalue weighted by atomic mass is 16.5. The van der Waals surface area contributed by atoms with Crippen LogP contribution in [0, 0.1) is 0 Å². The maximum atomic E-state index is 9.64. The van der Waals surface area contributed by atoms with Crippen molar-refractivity contribution < 1.29 is 14.6 Å². The van der Waals surface area contributed by atoms with Crippen LogP contribution in [-0.2, 0) is 0 Å². The van der Waals surface area contributed by atoms with Crippen LogP contribution in [0.15, 0.2) is 12.1 Å². The molecule has 5 heteroatoms. The van der Waals surface area contributed by atoms with E-state index in [0.717, 1.165) is 31.4 Å². The third kappa shape index (κ3) is 2.71. The molecule has 1 aromatic carbocycles. The summed E-state index contributed by atoms with van der Waals surface area (Å²) in [6, 6.07) is 3.56. The number of rotatable bonds is 5. The molecule has 1 fully saturated rings. The van der Waals surface area contributed by atoms with Gasteiger partial charge in [0.15, 0.2) is 11.5 Å². The van der Waals surface area contributed by atoms with Crippen LogP contribution in [0.25, 0.3) is 0 Å². The first-order chi connectivity index (χ1) is 9.14. The number of ether oxygens (including phenoxy) is 2. The smallest absolute Gasteiger partial charge is 0.162 e. The number of benzene rings is 1. The Hall–Kier alpha value is -1.62. The number of methoxy groups -OCH3 is 2. The molecule has 1 aromatic rings. The van der Waals surface area contributed by atoms with E-state index < -0.39 is 0 Å². The molecule has 19 heavy (non-hydrogen) atoms. The van der Waals surface area contributed by atoms with Crippen molar-refractivity contribution in [2.75, 3.05) is 31.9 Å². The molecule has 106 valence electrons. The highest BCUT2D eigenvalue weighted by molar-refractivity contribution is 5.72. The topological polar surface area (TPSA) is 76.7 Å². The number of hydrogen-bond donors (Lipinski definition) is 3. The second kappa shape index (κ2) is 5.57. The summed E-state index contributed by atoms with van der Waals surface area (Å²) >= 11 is 0. The number of aliphatic hydroxyl groups excluding tert-OH is 1. The second-order valence-corrected chi connectivity index (χ2v) is 5.06. The normalized spacial score (nSPS) is 17.2. The summed E-state index contributed by atoms with van der Waals surface area (Å²) < 4.78 is 10.5. The van der Waals surface area contributed by atoms with E-state index in [-0.39, 0.29) is 12.1 Å². The van der Waals surface area contributed by atoms with Crippen molar-refractivity contribution in [2.45, 2.75) is 31.2 Å². The van der Waals surface area contributed by atoms with Gasteiger partial charge in [-0.3, -0.25) is 0 Å². The highest BCUT2D eigenvalue weighted by Crippen LogP contribution is 2.39. The molecule has 0 aromatic heterocycles. The summed E-state index contributed by atoms with van der Waals surface area (Å²) in [6.07, 6.45) is 4.16. The van der Waals surface area contributed by atoms with E-state index in [1.54, 1.807) is 20.3 Å². The number of aliphatic hydroxyl groups is 1. The van der Waals surface area contributed by atoms with Crippen molar-refractivity contribution in [3.63, 3.8) is 0 Å². The maximum Gasteiger partial charge on any atom is 0.162 e. The Labute approximate surface area is 113 Å². The highest BCUT2D eigenvalue weighted by Gasteiger charge is 2.33. The lowest BCUT2D eigenvalue weighted by atomic mass is 9.98. The fraction of sp³-hybridized carbons (Fsp3) is 0.571. The third-order valence-corrected chi connectivity index (χ3v) is 3.82. The molecule has 0 aliphatic heterocycles. The van der Waals surface area contributed by atoms with E-state index in [4.69, 9.17) is 15.2 Å². The Kier molecular flexibility index (Phi) is 4.04. The van der Waals surface area contributed by atoms with Crippen molar-refractivity contribution in [3.8, 4) is 11.5 Å². The summed E-state index contributed by atoms with van der Waals surface area (Å²) in [4.78, 5) is 0. The van der Waals surface area contributed by atoms with Crippen molar-refractivity contribution >= 4 is 11.4 Å². The SMILES string of the molecule is COc1cc(N)c(NC2(CO)CCCC2)cc1OC. The summed E-state index contributed by atoms with van der Waals surface area (Å²) in [5, 5.41) is 13.0. The standard InChI is InChI=1S/C14H22N2O3/c1-18-12-7-10(15)11(8-13(12)19-2)16-14(9-17)5-3-4-6-14/h7-8,16-17H,3-6,9,15H2,1-2H3. The van der Waals surface area contributed by atoms with Gasteiger partial charge in [-0.25, -0.2) is 0 Å². The zero-order valence-corrected chi connectivity index (χ0v) is 11.5. The van der Waals surface area contributed by atoms with Gasteiger partial charge in [0.25, 0.3) is 0 Å². The number of nitrogen functional groups attached to an aromatic ring is 1. The number of hydrogen-bond acceptors (Lipinski definition) is 5. The third-order valence-electron chi connectivity index (χ3n) is 3.82. The lowest BCUT2D eigenvalue weighted by molar-refractivity contribution is 0.214. The van der Waals surface area contributed by atoms with Crippen LogP contribution in [-0.4, -0.2) is 31.5 Å². The molecule has 0 heterocycles. The molecule has 2 rings (SSSR count). The van der Waals surface area contributed by atoms with Gasteiger partial charge in [-0.1, -0.05) is 12.8 Å². The molecule has 5 nitrogen and oxygen atoms in total. The van der Waals surface area contributed by atoms with Gasteiger partial charge < -0.3 is 25.6 Å². The van der Waals surface area contributed by atoms with Crippen LogP contribution in [0.4, 0.5) is 11.4 Å². The Morgan fingerprint density at radius 3 is 2.32 bits per heavy atom. The molecule has 0 radical (unpaired) electrons. The summed E-state index contributed by atoms with van der Waals surface area (Å²) in [5.41, 5.74) is 7.16. The average molecular weight is 266 g/mol. The monoisotopic (exact) mass is 266 g/mol. The minimum absolute atomic E-state index is 0.112. The quantitative estimate of drug-likeness (QED) is 0.711. The van der Waals surface area contributed by atoms with Gasteiger partial charge in [0.2, 0.25) is 0 Å². The van der Waals surface area contributed by atoms with Gasteiger partial charge in [0, 0.05) is 12.1 Å².